The number of rotatable bonds is 8. The van der Waals surface area contributed by atoms with Crippen molar-refractivity contribution in [1.29, 1.82) is 0 Å². The van der Waals surface area contributed by atoms with Crippen LogP contribution in [0, 0.1) is 6.92 Å². The van der Waals surface area contributed by atoms with Crippen LogP contribution < -0.4 is 10.1 Å². The molecule has 0 aliphatic rings. The number of benzene rings is 2. The van der Waals surface area contributed by atoms with E-state index in [1.807, 2.05) is 31.2 Å². The quantitative estimate of drug-likeness (QED) is 0.719. The molecule has 0 heterocycles. The van der Waals surface area contributed by atoms with Gasteiger partial charge in [-0.15, -0.1) is 0 Å². The number of aryl methyl sites for hydroxylation is 1. The van der Waals surface area contributed by atoms with Gasteiger partial charge >= 0.3 is 0 Å². The van der Waals surface area contributed by atoms with Crippen LogP contribution in [0.1, 0.15) is 18.4 Å². The Morgan fingerprint density at radius 3 is 2.54 bits per heavy atom. The number of nitrogens with zero attached hydrogens (tertiary/aromatic N) is 1. The van der Waals surface area contributed by atoms with Gasteiger partial charge in [-0.3, -0.25) is 4.79 Å². The van der Waals surface area contributed by atoms with Gasteiger partial charge in [-0.05, 0) is 43.2 Å². The second-order valence-electron chi connectivity index (χ2n) is 6.08. The van der Waals surface area contributed by atoms with E-state index in [0.29, 0.717) is 18.7 Å². The Labute approximate surface area is 154 Å². The number of nitrogens with one attached hydrogen (secondary N) is 1. The van der Waals surface area contributed by atoms with Crippen LogP contribution in [0.25, 0.3) is 0 Å². The minimum Gasteiger partial charge on any atom is -0.493 e. The van der Waals surface area contributed by atoms with Gasteiger partial charge in [0.25, 0.3) is 0 Å². The van der Waals surface area contributed by atoms with E-state index in [2.05, 4.69) is 5.32 Å². The molecule has 1 amide bonds. The van der Waals surface area contributed by atoms with Crippen LogP contribution in [0.3, 0.4) is 0 Å². The lowest BCUT2D eigenvalue weighted by Gasteiger charge is -2.13. The number of hydrogen-bond donors (Lipinski definition) is 1. The lowest BCUT2D eigenvalue weighted by atomic mass is 10.2. The van der Waals surface area contributed by atoms with Crippen LogP contribution in [-0.4, -0.2) is 39.3 Å². The minimum absolute atomic E-state index is 0.142. The van der Waals surface area contributed by atoms with Crippen molar-refractivity contribution < 1.29 is 17.9 Å². The van der Waals surface area contributed by atoms with Crippen LogP contribution in [0.5, 0.6) is 5.75 Å². The summed E-state index contributed by atoms with van der Waals surface area (Å²) in [6, 6.07) is 13.9. The van der Waals surface area contributed by atoms with Crippen molar-refractivity contribution in [2.24, 2.45) is 0 Å². The highest BCUT2D eigenvalue weighted by atomic mass is 32.2. The molecule has 7 heteroatoms. The summed E-state index contributed by atoms with van der Waals surface area (Å²) in [4.78, 5) is 12.2. The lowest BCUT2D eigenvalue weighted by Crippen LogP contribution is -2.22. The van der Waals surface area contributed by atoms with Gasteiger partial charge in [0, 0.05) is 26.2 Å². The van der Waals surface area contributed by atoms with Crippen molar-refractivity contribution in [3.05, 3.63) is 54.1 Å². The van der Waals surface area contributed by atoms with Gasteiger partial charge in [0.1, 0.15) is 5.75 Å². The molecule has 0 bridgehead atoms. The molecule has 0 radical (unpaired) electrons. The Balaban J connectivity index is 1.86. The average Bonchev–Trinajstić information content (AvgIpc) is 2.60. The summed E-state index contributed by atoms with van der Waals surface area (Å²) in [5.41, 5.74) is 1.51. The summed E-state index contributed by atoms with van der Waals surface area (Å²) in [6.07, 6.45) is 0.854. The zero-order chi connectivity index (χ0) is 19.2. The number of anilines is 1. The van der Waals surface area contributed by atoms with Gasteiger partial charge in [0.15, 0.2) is 0 Å². The van der Waals surface area contributed by atoms with E-state index in [-0.39, 0.29) is 17.2 Å². The van der Waals surface area contributed by atoms with E-state index in [9.17, 15) is 13.2 Å². The van der Waals surface area contributed by atoms with Crippen LogP contribution in [-0.2, 0) is 14.8 Å². The molecule has 0 aliphatic carbocycles. The highest BCUT2D eigenvalue weighted by molar-refractivity contribution is 7.89. The van der Waals surface area contributed by atoms with Gasteiger partial charge < -0.3 is 10.1 Å². The summed E-state index contributed by atoms with van der Waals surface area (Å²) < 4.78 is 31.1. The molecule has 2 rings (SSSR count). The molecule has 0 unspecified atom stereocenters. The number of para-hydroxylation sites is 1. The normalized spacial score (nSPS) is 11.4. The minimum atomic E-state index is -3.53. The van der Waals surface area contributed by atoms with E-state index < -0.39 is 10.0 Å². The largest absolute Gasteiger partial charge is 0.493 e. The fourth-order valence-electron chi connectivity index (χ4n) is 2.30. The Morgan fingerprint density at radius 1 is 1.12 bits per heavy atom. The summed E-state index contributed by atoms with van der Waals surface area (Å²) in [5, 5.41) is 2.73. The molecule has 6 nitrogen and oxygen atoms in total. The van der Waals surface area contributed by atoms with Gasteiger partial charge in [-0.25, -0.2) is 12.7 Å². The molecular formula is C19H24N2O4S. The molecule has 0 spiro atoms. The van der Waals surface area contributed by atoms with E-state index in [0.717, 1.165) is 15.6 Å². The maximum atomic E-state index is 12.1. The predicted octanol–water partition coefficient (Wildman–Crippen LogP) is 3.04. The molecule has 1 N–H and O–H groups in total. The fraction of sp³-hybridized carbons (Fsp3) is 0.316. The molecule has 0 saturated carbocycles. The Kier molecular flexibility index (Phi) is 6.76. The predicted molar refractivity (Wildman–Crippen MR) is 102 cm³/mol. The maximum absolute atomic E-state index is 12.1. The van der Waals surface area contributed by atoms with E-state index in [1.54, 1.807) is 12.1 Å². The molecule has 0 aliphatic heterocycles. The first kappa shape index (κ1) is 19.9. The van der Waals surface area contributed by atoms with E-state index in [4.69, 9.17) is 4.74 Å². The summed E-state index contributed by atoms with van der Waals surface area (Å²) in [7, 11) is -0.594. The monoisotopic (exact) mass is 376 g/mol. The van der Waals surface area contributed by atoms with Gasteiger partial charge in [0.05, 0.1) is 11.5 Å². The van der Waals surface area contributed by atoms with Gasteiger partial charge in [0.2, 0.25) is 15.9 Å². The van der Waals surface area contributed by atoms with Gasteiger partial charge in [-0.1, -0.05) is 24.3 Å². The fourth-order valence-corrected chi connectivity index (χ4v) is 3.25. The number of amides is 1. The number of carbonyl (C=O) groups excluding carboxylic acids is 1. The first-order valence-corrected chi connectivity index (χ1v) is 9.75. The Hall–Kier alpha value is -2.38. The number of hydrogen-bond acceptors (Lipinski definition) is 4. The van der Waals surface area contributed by atoms with Crippen LogP contribution in [0.4, 0.5) is 5.69 Å². The van der Waals surface area contributed by atoms with Gasteiger partial charge in [-0.2, -0.15) is 0 Å². The summed E-state index contributed by atoms with van der Waals surface area (Å²) >= 11 is 0. The first-order chi connectivity index (χ1) is 12.3. The zero-order valence-electron chi connectivity index (χ0n) is 15.2. The molecular weight excluding hydrogens is 352 g/mol. The second kappa shape index (κ2) is 8.82. The van der Waals surface area contributed by atoms with Crippen molar-refractivity contribution in [3.8, 4) is 5.75 Å². The van der Waals surface area contributed by atoms with E-state index >= 15 is 0 Å². The highest BCUT2D eigenvalue weighted by Gasteiger charge is 2.17. The molecule has 2 aromatic carbocycles. The molecule has 0 atom stereocenters. The molecule has 26 heavy (non-hydrogen) atoms. The van der Waals surface area contributed by atoms with Crippen LogP contribution in [0.15, 0.2) is 53.4 Å². The smallest absolute Gasteiger partial charge is 0.242 e. The third-order valence-electron chi connectivity index (χ3n) is 3.80. The molecule has 0 aromatic heterocycles. The molecule has 2 aromatic rings. The third kappa shape index (κ3) is 5.31. The van der Waals surface area contributed by atoms with Crippen molar-refractivity contribution in [2.75, 3.05) is 26.0 Å². The topological polar surface area (TPSA) is 75.7 Å². The second-order valence-corrected chi connectivity index (χ2v) is 8.23. The Morgan fingerprint density at radius 2 is 1.85 bits per heavy atom. The van der Waals surface area contributed by atoms with Crippen molar-refractivity contribution >= 4 is 21.6 Å². The number of sulfonamides is 1. The van der Waals surface area contributed by atoms with Crippen molar-refractivity contribution in [3.63, 3.8) is 0 Å². The lowest BCUT2D eigenvalue weighted by molar-refractivity contribution is -0.116. The summed E-state index contributed by atoms with van der Waals surface area (Å²) in [5.74, 6) is 0.632. The SMILES string of the molecule is Cc1ccccc1OCCCC(=O)Nc1cccc(S(=O)(=O)N(C)C)c1. The third-order valence-corrected chi connectivity index (χ3v) is 5.61. The first-order valence-electron chi connectivity index (χ1n) is 8.31. The average molecular weight is 376 g/mol. The molecule has 0 fully saturated rings. The zero-order valence-corrected chi connectivity index (χ0v) is 16.0. The van der Waals surface area contributed by atoms with Crippen LogP contribution in [0.2, 0.25) is 0 Å². The molecule has 0 saturated heterocycles. The Bertz CT molecular complexity index is 863. The van der Waals surface area contributed by atoms with Crippen molar-refractivity contribution in [1.82, 2.24) is 4.31 Å². The number of ether oxygens (including phenoxy) is 1. The van der Waals surface area contributed by atoms with E-state index in [1.165, 1.54) is 26.2 Å². The van der Waals surface area contributed by atoms with Crippen LogP contribution >= 0.6 is 0 Å². The van der Waals surface area contributed by atoms with Crippen molar-refractivity contribution in [2.45, 2.75) is 24.7 Å². The summed E-state index contributed by atoms with van der Waals surface area (Å²) in [6.45, 7) is 2.41. The number of carbonyl (C=O) groups is 1. The highest BCUT2D eigenvalue weighted by Crippen LogP contribution is 2.19. The standard InChI is InChI=1S/C19H24N2O4S/c1-15-8-4-5-11-18(15)25-13-7-12-19(22)20-16-9-6-10-17(14-16)26(23,24)21(2)3/h4-6,8-11,14H,7,12-13H2,1-3H3,(H,20,22). The maximum Gasteiger partial charge on any atom is 0.242 e. The molecule has 140 valence electrons.